The molecule has 0 spiro atoms. The number of nitrogens with one attached hydrogen (secondary N) is 3. The van der Waals surface area contributed by atoms with Crippen LogP contribution in [-0.4, -0.2) is 59.9 Å². The van der Waals surface area contributed by atoms with Crippen LogP contribution in [-0.2, 0) is 0 Å². The molecule has 0 saturated carbocycles. The van der Waals surface area contributed by atoms with Gasteiger partial charge in [0.05, 0.1) is 29.4 Å². The molecule has 3 rings (SSSR count). The number of phenols is 1. The van der Waals surface area contributed by atoms with Crippen molar-refractivity contribution in [1.82, 2.24) is 15.5 Å². The minimum atomic E-state index is -4.52. The van der Waals surface area contributed by atoms with Gasteiger partial charge in [-0.1, -0.05) is 23.7 Å². The van der Waals surface area contributed by atoms with Crippen LogP contribution in [0.2, 0.25) is 5.02 Å². The Morgan fingerprint density at radius 2 is 1.92 bits per heavy atom. The molecule has 0 aliphatic carbocycles. The summed E-state index contributed by atoms with van der Waals surface area (Å²) in [6.45, 7) is 0.156. The normalized spacial score (nSPS) is 16.5. The van der Waals surface area contributed by atoms with Crippen molar-refractivity contribution in [2.45, 2.75) is 19.0 Å². The number of benzene rings is 2. The smallest absolute Gasteiger partial charge is 0.390 e. The number of phenolic OH excluding ortho intramolecular Hbond substituents is 1. The number of amidine groups is 1. The standard InChI is InChI=1S/C24H26ClF3N6O2/c25-18-3-1-2-4-20(18)33-21-14-31-11-9-17(21)19(29)13-32-23(36)34(12-10-24(26,27)28)22(30)15-5-7-16(35)8-6-15/h1-8,30-31,35H,9-14,29H2,(H,32,36)/b19-17-,30-22?,33-21?. The molecule has 0 bridgehead atoms. The summed E-state index contributed by atoms with van der Waals surface area (Å²) in [7, 11) is 0. The van der Waals surface area contributed by atoms with E-state index in [1.807, 2.05) is 0 Å². The summed E-state index contributed by atoms with van der Waals surface area (Å²) >= 11 is 6.21. The van der Waals surface area contributed by atoms with Crippen molar-refractivity contribution in [2.75, 3.05) is 26.2 Å². The summed E-state index contributed by atoms with van der Waals surface area (Å²) in [5, 5.41) is 23.9. The molecule has 1 aliphatic rings. The van der Waals surface area contributed by atoms with Crippen LogP contribution in [0.4, 0.5) is 23.7 Å². The van der Waals surface area contributed by atoms with Gasteiger partial charge in [0, 0.05) is 24.4 Å². The van der Waals surface area contributed by atoms with E-state index in [9.17, 15) is 23.1 Å². The van der Waals surface area contributed by atoms with Crippen LogP contribution >= 0.6 is 11.6 Å². The Morgan fingerprint density at radius 3 is 2.58 bits per heavy atom. The molecular weight excluding hydrogens is 497 g/mol. The van der Waals surface area contributed by atoms with Crippen molar-refractivity contribution in [3.8, 4) is 5.75 Å². The number of hydrogen-bond donors (Lipinski definition) is 5. The molecule has 1 aliphatic heterocycles. The van der Waals surface area contributed by atoms with Crippen molar-refractivity contribution in [3.63, 3.8) is 0 Å². The Balaban J connectivity index is 1.78. The maximum Gasteiger partial charge on any atom is 0.390 e. The minimum Gasteiger partial charge on any atom is -0.508 e. The summed E-state index contributed by atoms with van der Waals surface area (Å²) in [5.74, 6) is -0.515. The molecule has 2 aromatic rings. The number of nitrogens with zero attached hydrogens (tertiary/aromatic N) is 2. The molecule has 1 fully saturated rings. The van der Waals surface area contributed by atoms with Gasteiger partial charge >= 0.3 is 12.2 Å². The lowest BCUT2D eigenvalue weighted by molar-refractivity contribution is -0.135. The van der Waals surface area contributed by atoms with E-state index in [0.29, 0.717) is 52.1 Å². The molecule has 2 aromatic carbocycles. The van der Waals surface area contributed by atoms with E-state index in [4.69, 9.17) is 22.7 Å². The van der Waals surface area contributed by atoms with Crippen LogP contribution in [0.15, 0.2) is 64.8 Å². The highest BCUT2D eigenvalue weighted by Gasteiger charge is 2.31. The number of carbonyl (C=O) groups is 1. The molecular formula is C24H26ClF3N6O2. The number of rotatable bonds is 6. The van der Waals surface area contributed by atoms with Gasteiger partial charge < -0.3 is 21.5 Å². The molecule has 0 atom stereocenters. The minimum absolute atomic E-state index is 0.0755. The van der Waals surface area contributed by atoms with Crippen molar-refractivity contribution in [1.29, 1.82) is 5.41 Å². The fraction of sp³-hybridized carbons (Fsp3) is 0.292. The first-order chi connectivity index (χ1) is 17.0. The maximum absolute atomic E-state index is 12.9. The summed E-state index contributed by atoms with van der Waals surface area (Å²) in [4.78, 5) is 18.2. The number of piperidine rings is 1. The van der Waals surface area contributed by atoms with Gasteiger partial charge in [0.15, 0.2) is 0 Å². The van der Waals surface area contributed by atoms with Gasteiger partial charge in [0.2, 0.25) is 0 Å². The lowest BCUT2D eigenvalue weighted by atomic mass is 10.0. The van der Waals surface area contributed by atoms with Gasteiger partial charge in [0.25, 0.3) is 0 Å². The number of hydrogen-bond acceptors (Lipinski definition) is 6. The molecule has 192 valence electrons. The highest BCUT2D eigenvalue weighted by Crippen LogP contribution is 2.26. The maximum atomic E-state index is 12.9. The van der Waals surface area contributed by atoms with Crippen molar-refractivity contribution in [2.24, 2.45) is 10.7 Å². The number of aliphatic imine (C=N–C) groups is 1. The second-order valence-corrected chi connectivity index (χ2v) is 8.42. The highest BCUT2D eigenvalue weighted by atomic mass is 35.5. The van der Waals surface area contributed by atoms with Crippen molar-refractivity contribution in [3.05, 3.63) is 70.4 Å². The van der Waals surface area contributed by atoms with Crippen LogP contribution in [0, 0.1) is 5.41 Å². The van der Waals surface area contributed by atoms with E-state index in [-0.39, 0.29) is 17.9 Å². The summed E-state index contributed by atoms with van der Waals surface area (Å²) in [6.07, 6.45) is -5.28. The van der Waals surface area contributed by atoms with Gasteiger partial charge in [-0.15, -0.1) is 0 Å². The lowest BCUT2D eigenvalue weighted by Crippen LogP contribution is -2.46. The number of nitrogens with two attached hydrogens (primary N) is 1. The average molecular weight is 523 g/mol. The van der Waals surface area contributed by atoms with Crippen LogP contribution in [0.25, 0.3) is 0 Å². The van der Waals surface area contributed by atoms with Crippen molar-refractivity contribution >= 4 is 34.9 Å². The first-order valence-corrected chi connectivity index (χ1v) is 11.4. The number of halogens is 4. The molecule has 0 unspecified atom stereocenters. The number of amides is 2. The molecule has 6 N–H and O–H groups in total. The molecule has 1 heterocycles. The molecule has 0 aromatic heterocycles. The first kappa shape index (κ1) is 27.0. The molecule has 0 radical (unpaired) electrons. The predicted octanol–water partition coefficient (Wildman–Crippen LogP) is 4.31. The number of alkyl halides is 3. The monoisotopic (exact) mass is 522 g/mol. The number of urea groups is 1. The van der Waals surface area contributed by atoms with Crippen LogP contribution in [0.1, 0.15) is 18.4 Å². The van der Waals surface area contributed by atoms with E-state index in [0.717, 1.165) is 0 Å². The van der Waals surface area contributed by atoms with E-state index in [1.54, 1.807) is 24.3 Å². The molecule has 12 heteroatoms. The van der Waals surface area contributed by atoms with E-state index in [1.165, 1.54) is 24.3 Å². The second-order valence-electron chi connectivity index (χ2n) is 8.01. The Hall–Kier alpha value is -3.57. The van der Waals surface area contributed by atoms with Crippen LogP contribution in [0.5, 0.6) is 5.75 Å². The second kappa shape index (κ2) is 11.9. The Labute approximate surface area is 211 Å². The lowest BCUT2D eigenvalue weighted by Gasteiger charge is -2.25. The summed E-state index contributed by atoms with van der Waals surface area (Å²) in [6, 6.07) is 11.4. The fourth-order valence-electron chi connectivity index (χ4n) is 3.51. The van der Waals surface area contributed by atoms with Gasteiger partial charge in [-0.05, 0) is 54.9 Å². The van der Waals surface area contributed by atoms with E-state index in [2.05, 4.69) is 15.6 Å². The Morgan fingerprint density at radius 1 is 1.22 bits per heavy atom. The Bertz CT molecular complexity index is 1170. The number of carbonyl (C=O) groups excluding carboxylic acids is 1. The molecule has 2 amide bonds. The van der Waals surface area contributed by atoms with Gasteiger partial charge in [-0.25, -0.2) is 4.79 Å². The average Bonchev–Trinajstić information content (AvgIpc) is 2.84. The summed E-state index contributed by atoms with van der Waals surface area (Å²) in [5.41, 5.74) is 8.67. The third kappa shape index (κ3) is 7.46. The van der Waals surface area contributed by atoms with E-state index >= 15 is 0 Å². The van der Waals surface area contributed by atoms with Gasteiger partial charge in [-0.3, -0.25) is 15.3 Å². The molecule has 36 heavy (non-hydrogen) atoms. The third-order valence-electron chi connectivity index (χ3n) is 5.39. The topological polar surface area (TPSA) is 127 Å². The zero-order valence-electron chi connectivity index (χ0n) is 19.2. The summed E-state index contributed by atoms with van der Waals surface area (Å²) < 4.78 is 38.7. The fourth-order valence-corrected chi connectivity index (χ4v) is 3.69. The first-order valence-electron chi connectivity index (χ1n) is 11.1. The van der Waals surface area contributed by atoms with Crippen molar-refractivity contribution < 1.29 is 23.1 Å². The quantitative estimate of drug-likeness (QED) is 0.286. The van der Waals surface area contributed by atoms with Gasteiger partial charge in [-0.2, -0.15) is 13.2 Å². The zero-order valence-corrected chi connectivity index (χ0v) is 20.0. The molecule has 8 nitrogen and oxygen atoms in total. The number of para-hydroxylation sites is 1. The van der Waals surface area contributed by atoms with Gasteiger partial charge in [0.1, 0.15) is 11.6 Å². The molecule has 1 saturated heterocycles. The zero-order chi connectivity index (χ0) is 26.3. The third-order valence-corrected chi connectivity index (χ3v) is 5.71. The Kier molecular flexibility index (Phi) is 8.94. The largest absolute Gasteiger partial charge is 0.508 e. The predicted molar refractivity (Wildman–Crippen MR) is 133 cm³/mol. The highest BCUT2D eigenvalue weighted by molar-refractivity contribution is 6.33. The van der Waals surface area contributed by atoms with E-state index < -0.39 is 31.0 Å². The van der Waals surface area contributed by atoms with Crippen LogP contribution < -0.4 is 16.4 Å². The SMILES string of the molecule is N=C(c1ccc(O)cc1)N(CCC(F)(F)F)C(=O)NC/C(N)=C1\CCNCC1=Nc1ccccc1Cl. The number of aromatic hydroxyl groups is 1. The van der Waals surface area contributed by atoms with Crippen LogP contribution in [0.3, 0.4) is 0 Å².